The minimum absolute atomic E-state index is 0.152. The van der Waals surface area contributed by atoms with Gasteiger partial charge < -0.3 is 10.1 Å². The third-order valence-corrected chi connectivity index (χ3v) is 3.14. The molecule has 0 heterocycles. The zero-order valence-electron chi connectivity index (χ0n) is 9.17. The molecule has 0 radical (unpaired) electrons. The predicted octanol–water partition coefficient (Wildman–Crippen LogP) is 3.32. The van der Waals surface area contributed by atoms with Gasteiger partial charge in [0.15, 0.2) is 0 Å². The van der Waals surface area contributed by atoms with E-state index in [1.54, 1.807) is 19.2 Å². The first kappa shape index (κ1) is 11.7. The molecule has 1 atom stereocenters. The van der Waals surface area contributed by atoms with Crippen LogP contribution in [-0.2, 0) is 4.74 Å². The quantitative estimate of drug-likeness (QED) is 0.857. The Morgan fingerprint density at radius 1 is 1.56 bits per heavy atom. The highest BCUT2D eigenvalue weighted by Gasteiger charge is 2.31. The average molecular weight is 244 g/mol. The molecule has 1 aromatic rings. The molecule has 1 aromatic carbocycles. The molecule has 0 aliphatic heterocycles. The number of para-hydroxylation sites is 1. The summed E-state index contributed by atoms with van der Waals surface area (Å²) in [5, 5.41) is 3.56. The third-order valence-electron chi connectivity index (χ3n) is 2.83. The van der Waals surface area contributed by atoms with E-state index in [1.165, 1.54) is 18.9 Å². The van der Waals surface area contributed by atoms with Crippen molar-refractivity contribution in [2.24, 2.45) is 5.92 Å². The van der Waals surface area contributed by atoms with Gasteiger partial charge in [0.1, 0.15) is 5.82 Å². The smallest absolute Gasteiger partial charge is 0.147 e. The molecule has 16 heavy (non-hydrogen) atoms. The molecule has 1 saturated carbocycles. The number of hydrogen-bond donors (Lipinski definition) is 1. The molecule has 1 aliphatic carbocycles. The number of anilines is 1. The molecule has 2 rings (SSSR count). The fourth-order valence-electron chi connectivity index (χ4n) is 1.79. The van der Waals surface area contributed by atoms with E-state index in [4.69, 9.17) is 16.3 Å². The molecule has 0 aromatic heterocycles. The van der Waals surface area contributed by atoms with Crippen LogP contribution in [0.15, 0.2) is 18.2 Å². The number of nitrogens with one attached hydrogen (secondary N) is 1. The first-order chi connectivity index (χ1) is 7.72. The van der Waals surface area contributed by atoms with Gasteiger partial charge in [-0.25, -0.2) is 4.39 Å². The van der Waals surface area contributed by atoms with Crippen LogP contribution in [0.5, 0.6) is 0 Å². The number of rotatable bonds is 5. The summed E-state index contributed by atoms with van der Waals surface area (Å²) in [6, 6.07) is 4.85. The molecule has 4 heteroatoms. The molecular weight excluding hydrogens is 229 g/mol. The lowest BCUT2D eigenvalue weighted by Gasteiger charge is -2.19. The summed E-state index contributed by atoms with van der Waals surface area (Å²) < 4.78 is 18.7. The Balaban J connectivity index is 2.11. The van der Waals surface area contributed by atoms with Crippen LogP contribution in [0.4, 0.5) is 10.1 Å². The van der Waals surface area contributed by atoms with Crippen LogP contribution in [-0.4, -0.2) is 19.8 Å². The van der Waals surface area contributed by atoms with Crippen molar-refractivity contribution in [3.63, 3.8) is 0 Å². The van der Waals surface area contributed by atoms with Crippen LogP contribution in [0.2, 0.25) is 5.02 Å². The summed E-state index contributed by atoms with van der Waals surface area (Å²) >= 11 is 5.96. The van der Waals surface area contributed by atoms with Crippen molar-refractivity contribution in [2.75, 3.05) is 19.0 Å². The van der Waals surface area contributed by atoms with E-state index in [0.717, 1.165) is 0 Å². The van der Waals surface area contributed by atoms with E-state index < -0.39 is 0 Å². The molecule has 0 saturated heterocycles. The average Bonchev–Trinajstić information content (AvgIpc) is 3.06. The van der Waals surface area contributed by atoms with Gasteiger partial charge in [-0.05, 0) is 30.9 Å². The van der Waals surface area contributed by atoms with Crippen molar-refractivity contribution in [3.8, 4) is 0 Å². The minimum atomic E-state index is -0.311. The molecule has 0 bridgehead atoms. The lowest BCUT2D eigenvalue weighted by Crippen LogP contribution is -2.27. The third kappa shape index (κ3) is 2.66. The Bertz CT molecular complexity index is 348. The maximum Gasteiger partial charge on any atom is 0.147 e. The summed E-state index contributed by atoms with van der Waals surface area (Å²) in [5.74, 6) is 0.268. The van der Waals surface area contributed by atoms with Crippen LogP contribution >= 0.6 is 11.6 Å². The largest absolute Gasteiger partial charge is 0.383 e. The lowest BCUT2D eigenvalue weighted by molar-refractivity contribution is 0.179. The van der Waals surface area contributed by atoms with Crippen molar-refractivity contribution in [1.82, 2.24) is 0 Å². The number of halogens is 2. The van der Waals surface area contributed by atoms with Crippen LogP contribution in [0.1, 0.15) is 12.8 Å². The lowest BCUT2D eigenvalue weighted by atomic mass is 10.2. The van der Waals surface area contributed by atoms with Gasteiger partial charge in [-0.1, -0.05) is 17.7 Å². The summed E-state index contributed by atoms with van der Waals surface area (Å²) in [6.45, 7) is 0.579. The van der Waals surface area contributed by atoms with Crippen molar-refractivity contribution in [1.29, 1.82) is 0 Å². The summed E-state index contributed by atoms with van der Waals surface area (Å²) in [7, 11) is 1.65. The predicted molar refractivity (Wildman–Crippen MR) is 63.4 cm³/mol. The van der Waals surface area contributed by atoms with E-state index in [9.17, 15) is 4.39 Å². The highest BCUT2D eigenvalue weighted by atomic mass is 35.5. The first-order valence-electron chi connectivity index (χ1n) is 5.42. The van der Waals surface area contributed by atoms with Crippen molar-refractivity contribution >= 4 is 17.3 Å². The number of methoxy groups -OCH3 is 1. The molecular formula is C12H15ClFNO. The van der Waals surface area contributed by atoms with Gasteiger partial charge in [-0.2, -0.15) is 0 Å². The zero-order valence-corrected chi connectivity index (χ0v) is 9.93. The molecule has 2 nitrogen and oxygen atoms in total. The van der Waals surface area contributed by atoms with E-state index >= 15 is 0 Å². The standard InChI is InChI=1S/C12H15ClFNO/c1-16-7-11(8-5-6-8)15-12-9(13)3-2-4-10(12)14/h2-4,8,11,15H,5-7H2,1H3. The Hall–Kier alpha value is -0.800. The summed E-state index contributed by atoms with van der Waals surface area (Å²) in [6.07, 6.45) is 2.35. The van der Waals surface area contributed by atoms with Gasteiger partial charge in [0, 0.05) is 7.11 Å². The van der Waals surface area contributed by atoms with Gasteiger partial charge in [-0.15, -0.1) is 0 Å². The van der Waals surface area contributed by atoms with Crippen LogP contribution in [0.25, 0.3) is 0 Å². The Kier molecular flexibility index (Phi) is 3.66. The van der Waals surface area contributed by atoms with E-state index in [-0.39, 0.29) is 11.9 Å². The number of hydrogen-bond acceptors (Lipinski definition) is 2. The molecule has 0 amide bonds. The van der Waals surface area contributed by atoms with Gasteiger partial charge in [0.05, 0.1) is 23.4 Å². The number of benzene rings is 1. The topological polar surface area (TPSA) is 21.3 Å². The second-order valence-corrected chi connectivity index (χ2v) is 4.55. The molecule has 0 spiro atoms. The molecule has 1 fully saturated rings. The van der Waals surface area contributed by atoms with Crippen molar-refractivity contribution < 1.29 is 9.13 Å². The fourth-order valence-corrected chi connectivity index (χ4v) is 2.01. The maximum atomic E-state index is 13.5. The Labute approximate surface area is 99.7 Å². The van der Waals surface area contributed by atoms with Gasteiger partial charge >= 0.3 is 0 Å². The molecule has 1 unspecified atom stereocenters. The fraction of sp³-hybridized carbons (Fsp3) is 0.500. The first-order valence-corrected chi connectivity index (χ1v) is 5.79. The van der Waals surface area contributed by atoms with Crippen LogP contribution in [0, 0.1) is 11.7 Å². The number of ether oxygens (including phenoxy) is 1. The Morgan fingerprint density at radius 2 is 2.31 bits per heavy atom. The van der Waals surface area contributed by atoms with Crippen LogP contribution < -0.4 is 5.32 Å². The molecule has 1 N–H and O–H groups in total. The SMILES string of the molecule is COCC(Nc1c(F)cccc1Cl)C1CC1. The second kappa shape index (κ2) is 5.02. The van der Waals surface area contributed by atoms with Gasteiger partial charge in [-0.3, -0.25) is 0 Å². The summed E-state index contributed by atoms with van der Waals surface area (Å²) in [4.78, 5) is 0. The molecule has 88 valence electrons. The van der Waals surface area contributed by atoms with Crippen molar-refractivity contribution in [2.45, 2.75) is 18.9 Å². The van der Waals surface area contributed by atoms with Crippen molar-refractivity contribution in [3.05, 3.63) is 29.0 Å². The van der Waals surface area contributed by atoms with E-state index in [1.807, 2.05) is 0 Å². The molecule has 1 aliphatic rings. The monoisotopic (exact) mass is 243 g/mol. The maximum absolute atomic E-state index is 13.5. The van der Waals surface area contributed by atoms with E-state index in [0.29, 0.717) is 23.2 Å². The van der Waals surface area contributed by atoms with Gasteiger partial charge in [0.2, 0.25) is 0 Å². The van der Waals surface area contributed by atoms with Crippen LogP contribution in [0.3, 0.4) is 0 Å². The minimum Gasteiger partial charge on any atom is -0.383 e. The second-order valence-electron chi connectivity index (χ2n) is 4.14. The normalized spacial score (nSPS) is 17.2. The zero-order chi connectivity index (χ0) is 11.5. The highest BCUT2D eigenvalue weighted by molar-refractivity contribution is 6.33. The highest BCUT2D eigenvalue weighted by Crippen LogP contribution is 2.36. The summed E-state index contributed by atoms with van der Waals surface area (Å²) in [5.41, 5.74) is 0.387. The van der Waals surface area contributed by atoms with Gasteiger partial charge in [0.25, 0.3) is 0 Å². The Morgan fingerprint density at radius 3 is 2.88 bits per heavy atom. The van der Waals surface area contributed by atoms with E-state index in [2.05, 4.69) is 5.32 Å².